The van der Waals surface area contributed by atoms with Crippen LogP contribution in [0.3, 0.4) is 0 Å². The van der Waals surface area contributed by atoms with Crippen LogP contribution in [0.5, 0.6) is 0 Å². The van der Waals surface area contributed by atoms with Crippen LogP contribution in [0.4, 0.5) is 0 Å². The van der Waals surface area contributed by atoms with Crippen molar-refractivity contribution in [2.45, 2.75) is 38.6 Å². The molecule has 0 aromatic heterocycles. The molecule has 70 valence electrons. The van der Waals surface area contributed by atoms with E-state index >= 15 is 0 Å². The first-order valence-corrected chi connectivity index (χ1v) is 4.76. The van der Waals surface area contributed by atoms with Crippen molar-refractivity contribution in [1.29, 1.82) is 0 Å². The zero-order valence-electron chi connectivity index (χ0n) is 7.75. The molecule has 3 nitrogen and oxygen atoms in total. The summed E-state index contributed by atoms with van der Waals surface area (Å²) in [6.07, 6.45) is 4.22. The maximum absolute atomic E-state index is 5.41. The molecule has 0 fully saturated rings. The molecule has 12 heavy (non-hydrogen) atoms. The molecule has 1 aliphatic heterocycles. The van der Waals surface area contributed by atoms with Gasteiger partial charge in [-0.1, -0.05) is 6.92 Å². The van der Waals surface area contributed by atoms with Crippen LogP contribution in [0.25, 0.3) is 0 Å². The Morgan fingerprint density at radius 1 is 1.67 bits per heavy atom. The highest BCUT2D eigenvalue weighted by Gasteiger charge is 2.16. The third-order valence-corrected chi connectivity index (χ3v) is 1.97. The maximum atomic E-state index is 5.41. The Bertz CT molecular complexity index is 157. The molecule has 1 unspecified atom stereocenters. The second-order valence-corrected chi connectivity index (χ2v) is 3.17. The zero-order valence-corrected chi connectivity index (χ0v) is 7.75. The minimum Gasteiger partial charge on any atom is -0.479 e. The lowest BCUT2D eigenvalue weighted by molar-refractivity contribution is 0.303. The van der Waals surface area contributed by atoms with Crippen molar-refractivity contribution in [3.63, 3.8) is 0 Å². The van der Waals surface area contributed by atoms with Crippen LogP contribution in [-0.2, 0) is 4.74 Å². The second kappa shape index (κ2) is 5.14. The third-order valence-electron chi connectivity index (χ3n) is 1.97. The molecule has 1 aliphatic rings. The van der Waals surface area contributed by atoms with Crippen molar-refractivity contribution < 1.29 is 4.74 Å². The molecule has 3 heteroatoms. The molecule has 1 heterocycles. The number of nitrogens with two attached hydrogens (primary N) is 1. The van der Waals surface area contributed by atoms with Crippen LogP contribution in [-0.4, -0.2) is 25.1 Å². The van der Waals surface area contributed by atoms with E-state index in [0.29, 0.717) is 6.04 Å². The highest BCUT2D eigenvalue weighted by molar-refractivity contribution is 5.77. The van der Waals surface area contributed by atoms with Crippen molar-refractivity contribution in [3.8, 4) is 0 Å². The first-order valence-electron chi connectivity index (χ1n) is 4.76. The SMILES string of the molecule is CCCC1=NC(CCCN)CO1. The molecule has 0 spiro atoms. The van der Waals surface area contributed by atoms with Gasteiger partial charge in [0.2, 0.25) is 0 Å². The van der Waals surface area contributed by atoms with Gasteiger partial charge in [-0.2, -0.15) is 0 Å². The van der Waals surface area contributed by atoms with E-state index in [1.165, 1.54) is 0 Å². The number of ether oxygens (including phenoxy) is 1. The Kier molecular flexibility index (Phi) is 4.08. The summed E-state index contributed by atoms with van der Waals surface area (Å²) in [4.78, 5) is 4.45. The van der Waals surface area contributed by atoms with Crippen molar-refractivity contribution in [3.05, 3.63) is 0 Å². The van der Waals surface area contributed by atoms with Gasteiger partial charge in [-0.15, -0.1) is 0 Å². The zero-order chi connectivity index (χ0) is 8.81. The number of nitrogens with zero attached hydrogens (tertiary/aromatic N) is 1. The summed E-state index contributed by atoms with van der Waals surface area (Å²) in [6, 6.07) is 0.384. The quantitative estimate of drug-likeness (QED) is 0.676. The van der Waals surface area contributed by atoms with Gasteiger partial charge in [0.15, 0.2) is 5.90 Å². The minimum atomic E-state index is 0.384. The van der Waals surface area contributed by atoms with Gasteiger partial charge in [-0.25, -0.2) is 4.99 Å². The normalized spacial score (nSPS) is 22.2. The molecular weight excluding hydrogens is 152 g/mol. The van der Waals surface area contributed by atoms with Gasteiger partial charge in [0.25, 0.3) is 0 Å². The molecule has 0 amide bonds. The van der Waals surface area contributed by atoms with Gasteiger partial charge in [0.1, 0.15) is 6.61 Å². The van der Waals surface area contributed by atoms with Gasteiger partial charge in [-0.05, 0) is 25.8 Å². The topological polar surface area (TPSA) is 47.6 Å². The van der Waals surface area contributed by atoms with E-state index in [-0.39, 0.29) is 0 Å². The number of hydrogen-bond donors (Lipinski definition) is 1. The van der Waals surface area contributed by atoms with Crippen molar-refractivity contribution >= 4 is 5.90 Å². The summed E-state index contributed by atoms with van der Waals surface area (Å²) in [5.74, 6) is 0.944. The molecular formula is C9H18N2O. The molecule has 1 rings (SSSR count). The molecule has 0 aromatic carbocycles. The Hall–Kier alpha value is -0.570. The van der Waals surface area contributed by atoms with Gasteiger partial charge >= 0.3 is 0 Å². The van der Waals surface area contributed by atoms with E-state index in [4.69, 9.17) is 10.5 Å². The summed E-state index contributed by atoms with van der Waals surface area (Å²) in [6.45, 7) is 3.67. The van der Waals surface area contributed by atoms with Crippen molar-refractivity contribution in [2.24, 2.45) is 10.7 Å². The predicted octanol–water partition coefficient (Wildman–Crippen LogP) is 1.32. The average molecular weight is 170 g/mol. The molecule has 0 radical (unpaired) electrons. The Morgan fingerprint density at radius 2 is 2.50 bits per heavy atom. The Morgan fingerprint density at radius 3 is 3.17 bits per heavy atom. The highest BCUT2D eigenvalue weighted by Crippen LogP contribution is 2.12. The summed E-state index contributed by atoms with van der Waals surface area (Å²) in [5.41, 5.74) is 5.41. The summed E-state index contributed by atoms with van der Waals surface area (Å²) in [5, 5.41) is 0. The third kappa shape index (κ3) is 2.81. The lowest BCUT2D eigenvalue weighted by Crippen LogP contribution is -2.09. The second-order valence-electron chi connectivity index (χ2n) is 3.17. The monoisotopic (exact) mass is 170 g/mol. The Balaban J connectivity index is 2.22. The number of rotatable bonds is 5. The van der Waals surface area contributed by atoms with E-state index in [1.54, 1.807) is 0 Å². The number of hydrogen-bond acceptors (Lipinski definition) is 3. The fourth-order valence-electron chi connectivity index (χ4n) is 1.32. The molecule has 1 atom stereocenters. The standard InChI is InChI=1S/C9H18N2O/c1-2-4-9-11-8(7-12-9)5-3-6-10/h8H,2-7,10H2,1H3. The molecule has 0 bridgehead atoms. The van der Waals surface area contributed by atoms with E-state index < -0.39 is 0 Å². The smallest absolute Gasteiger partial charge is 0.183 e. The summed E-state index contributed by atoms with van der Waals surface area (Å²) in [7, 11) is 0. The van der Waals surface area contributed by atoms with Crippen LogP contribution in [0.15, 0.2) is 4.99 Å². The van der Waals surface area contributed by atoms with Crippen LogP contribution < -0.4 is 5.73 Å². The lowest BCUT2D eigenvalue weighted by atomic mass is 10.2. The van der Waals surface area contributed by atoms with Gasteiger partial charge in [0.05, 0.1) is 6.04 Å². The van der Waals surface area contributed by atoms with Crippen molar-refractivity contribution in [2.75, 3.05) is 13.2 Å². The minimum absolute atomic E-state index is 0.384. The van der Waals surface area contributed by atoms with E-state index in [1.807, 2.05) is 0 Å². The average Bonchev–Trinajstić information content (AvgIpc) is 2.50. The van der Waals surface area contributed by atoms with Gasteiger partial charge in [-0.3, -0.25) is 0 Å². The van der Waals surface area contributed by atoms with Gasteiger partial charge < -0.3 is 10.5 Å². The first-order chi connectivity index (χ1) is 5.86. The van der Waals surface area contributed by atoms with E-state index in [2.05, 4.69) is 11.9 Å². The van der Waals surface area contributed by atoms with E-state index in [0.717, 1.165) is 44.7 Å². The first kappa shape index (κ1) is 9.52. The fourth-order valence-corrected chi connectivity index (χ4v) is 1.32. The van der Waals surface area contributed by atoms with Crippen LogP contribution in [0.2, 0.25) is 0 Å². The summed E-state index contributed by atoms with van der Waals surface area (Å²) >= 11 is 0. The van der Waals surface area contributed by atoms with Crippen LogP contribution in [0, 0.1) is 0 Å². The molecule has 0 saturated heterocycles. The summed E-state index contributed by atoms with van der Waals surface area (Å²) < 4.78 is 5.41. The fraction of sp³-hybridized carbons (Fsp3) is 0.889. The van der Waals surface area contributed by atoms with Crippen LogP contribution in [0.1, 0.15) is 32.6 Å². The molecule has 2 N–H and O–H groups in total. The molecule has 0 aliphatic carbocycles. The maximum Gasteiger partial charge on any atom is 0.183 e. The Labute approximate surface area is 74.0 Å². The molecule has 0 aromatic rings. The number of aliphatic imine (C=N–C) groups is 1. The van der Waals surface area contributed by atoms with Crippen LogP contribution >= 0.6 is 0 Å². The van der Waals surface area contributed by atoms with E-state index in [9.17, 15) is 0 Å². The van der Waals surface area contributed by atoms with Crippen molar-refractivity contribution in [1.82, 2.24) is 0 Å². The largest absolute Gasteiger partial charge is 0.479 e. The predicted molar refractivity (Wildman–Crippen MR) is 50.4 cm³/mol. The van der Waals surface area contributed by atoms with Gasteiger partial charge in [0, 0.05) is 6.42 Å². The lowest BCUT2D eigenvalue weighted by Gasteiger charge is -2.01. The highest BCUT2D eigenvalue weighted by atomic mass is 16.5. The molecule has 0 saturated carbocycles.